The molecule has 0 spiro atoms. The third kappa shape index (κ3) is 6.17. The van der Waals surface area contributed by atoms with Crippen LogP contribution in [0.5, 0.6) is 0 Å². The highest BCUT2D eigenvalue weighted by molar-refractivity contribution is 5.57. The molecular weight excluding hydrogens is 198 g/mol. The largest absolute Gasteiger partial charge is 0.187 e. The molecule has 0 aliphatic rings. The van der Waals surface area contributed by atoms with E-state index in [9.17, 15) is 0 Å². The van der Waals surface area contributed by atoms with Crippen LogP contribution >= 0.6 is 0 Å². The van der Waals surface area contributed by atoms with Crippen molar-refractivity contribution in [3.63, 3.8) is 0 Å². The summed E-state index contributed by atoms with van der Waals surface area (Å²) in [4.78, 5) is 1.55. The van der Waals surface area contributed by atoms with Crippen molar-refractivity contribution in [1.82, 2.24) is 15.0 Å². The van der Waals surface area contributed by atoms with Crippen molar-refractivity contribution in [2.45, 2.75) is 41.0 Å². The van der Waals surface area contributed by atoms with Crippen LogP contribution in [0.4, 0.5) is 0 Å². The van der Waals surface area contributed by atoms with Crippen LogP contribution in [0.25, 0.3) is 12.2 Å². The fourth-order valence-corrected chi connectivity index (χ4v) is 0.930. The zero-order valence-corrected chi connectivity index (χ0v) is 11.5. The maximum Gasteiger partial charge on any atom is 0.112 e. The summed E-state index contributed by atoms with van der Waals surface area (Å²) in [5.74, 6) is 0. The van der Waals surface area contributed by atoms with E-state index in [0.29, 0.717) is 0 Å². The molecule has 1 aromatic heterocycles. The Morgan fingerprint density at radius 1 is 1.12 bits per heavy atom. The summed E-state index contributed by atoms with van der Waals surface area (Å²) in [7, 11) is 1.80. The Bertz CT molecular complexity index is 298. The van der Waals surface area contributed by atoms with Crippen LogP contribution in [0.2, 0.25) is 0 Å². The number of rotatable bonds is 3. The Morgan fingerprint density at radius 2 is 1.62 bits per heavy atom. The molecular formula is C13H25N3. The molecule has 0 saturated carbocycles. The lowest BCUT2D eigenvalue weighted by Gasteiger charge is -1.83. The molecule has 92 valence electrons. The number of allylic oxidation sites excluding steroid dienone is 1. The van der Waals surface area contributed by atoms with E-state index >= 15 is 0 Å². The first-order chi connectivity index (χ1) is 7.77. The molecule has 0 saturated heterocycles. The van der Waals surface area contributed by atoms with E-state index in [1.807, 2.05) is 33.8 Å². The summed E-state index contributed by atoms with van der Waals surface area (Å²) >= 11 is 0. The van der Waals surface area contributed by atoms with Crippen molar-refractivity contribution in [2.24, 2.45) is 7.05 Å². The summed E-state index contributed by atoms with van der Waals surface area (Å²) in [5.41, 5.74) is 1.72. The van der Waals surface area contributed by atoms with Gasteiger partial charge in [-0.3, -0.25) is 0 Å². The van der Waals surface area contributed by atoms with E-state index in [1.165, 1.54) is 0 Å². The van der Waals surface area contributed by atoms with Crippen LogP contribution in [-0.4, -0.2) is 15.0 Å². The molecule has 0 atom stereocenters. The topological polar surface area (TPSA) is 30.7 Å². The van der Waals surface area contributed by atoms with Gasteiger partial charge < -0.3 is 0 Å². The van der Waals surface area contributed by atoms with Crippen molar-refractivity contribution in [2.75, 3.05) is 0 Å². The lowest BCUT2D eigenvalue weighted by atomic mass is 10.3. The Balaban J connectivity index is 0. The minimum Gasteiger partial charge on any atom is -0.187 e. The minimum absolute atomic E-state index is 0.835. The van der Waals surface area contributed by atoms with Gasteiger partial charge in [-0.1, -0.05) is 47.3 Å². The Hall–Kier alpha value is -1.38. The monoisotopic (exact) mass is 223 g/mol. The van der Waals surface area contributed by atoms with Gasteiger partial charge in [0, 0.05) is 7.05 Å². The Labute approximate surface area is 99.9 Å². The normalized spacial score (nSPS) is 8.88. The molecule has 0 fully saturated rings. The lowest BCUT2D eigenvalue weighted by Crippen LogP contribution is -1.91. The van der Waals surface area contributed by atoms with Gasteiger partial charge in [-0.15, -0.1) is 0 Å². The highest BCUT2D eigenvalue weighted by atomic mass is 15.5. The lowest BCUT2D eigenvalue weighted by molar-refractivity contribution is 0.651. The molecule has 0 amide bonds. The molecule has 0 aliphatic carbocycles. The molecule has 3 nitrogen and oxygen atoms in total. The molecule has 1 heterocycles. The average molecular weight is 223 g/mol. The number of hydrogen-bond acceptors (Lipinski definition) is 2. The Morgan fingerprint density at radius 3 is 2.06 bits per heavy atom. The zero-order chi connectivity index (χ0) is 13.0. The van der Waals surface area contributed by atoms with Gasteiger partial charge in [0.05, 0.1) is 0 Å². The molecule has 0 aliphatic heterocycles. The fourth-order valence-electron chi connectivity index (χ4n) is 0.930. The zero-order valence-electron chi connectivity index (χ0n) is 11.5. The molecule has 0 bridgehead atoms. The van der Waals surface area contributed by atoms with Crippen molar-refractivity contribution in [3.8, 4) is 0 Å². The van der Waals surface area contributed by atoms with E-state index in [2.05, 4.69) is 29.8 Å². The highest BCUT2D eigenvalue weighted by Crippen LogP contribution is 2.05. The van der Waals surface area contributed by atoms with Gasteiger partial charge in [0.25, 0.3) is 0 Å². The molecule has 0 radical (unpaired) electrons. The van der Waals surface area contributed by atoms with Gasteiger partial charge in [-0.25, -0.2) is 0 Å². The summed E-state index contributed by atoms with van der Waals surface area (Å²) in [5, 5.41) is 8.28. The predicted molar refractivity (Wildman–Crippen MR) is 73.1 cm³/mol. The third-order valence-corrected chi connectivity index (χ3v) is 1.47. The molecule has 1 aromatic rings. The first-order valence-electron chi connectivity index (χ1n) is 5.98. The van der Waals surface area contributed by atoms with Crippen molar-refractivity contribution in [1.29, 1.82) is 0 Å². The van der Waals surface area contributed by atoms with Crippen LogP contribution in [0.3, 0.4) is 0 Å². The minimum atomic E-state index is 0.835. The van der Waals surface area contributed by atoms with Crippen LogP contribution < -0.4 is 0 Å². The number of aromatic nitrogens is 3. The van der Waals surface area contributed by atoms with Crippen LogP contribution in [-0.2, 0) is 7.05 Å². The second-order valence-corrected chi connectivity index (χ2v) is 2.47. The van der Waals surface area contributed by atoms with E-state index in [0.717, 1.165) is 17.8 Å². The standard InChI is InChI=1S/C9H13N3.2C2H6/c1-4-6-7-9-8(5-2)10-12(3)11-9;2*1-2/h5-7H,2,4H2,1,3H3;2*1-2H3/b7-6-;;. The van der Waals surface area contributed by atoms with Gasteiger partial charge in [0.2, 0.25) is 0 Å². The Kier molecular flexibility index (Phi) is 12.4. The molecule has 0 unspecified atom stereocenters. The van der Waals surface area contributed by atoms with Gasteiger partial charge >= 0.3 is 0 Å². The van der Waals surface area contributed by atoms with Crippen molar-refractivity contribution >= 4 is 12.2 Å². The van der Waals surface area contributed by atoms with Crippen molar-refractivity contribution in [3.05, 3.63) is 24.0 Å². The summed E-state index contributed by atoms with van der Waals surface area (Å²) < 4.78 is 0. The molecule has 1 rings (SSSR count). The van der Waals surface area contributed by atoms with E-state index < -0.39 is 0 Å². The SMILES string of the molecule is C=Cc1nn(C)nc1/C=C\CC.CC.CC. The third-order valence-electron chi connectivity index (χ3n) is 1.47. The van der Waals surface area contributed by atoms with Gasteiger partial charge in [0.15, 0.2) is 0 Å². The summed E-state index contributed by atoms with van der Waals surface area (Å²) in [6, 6.07) is 0. The number of hydrogen-bond donors (Lipinski definition) is 0. The summed E-state index contributed by atoms with van der Waals surface area (Å²) in [6.45, 7) is 13.7. The molecule has 0 aromatic carbocycles. The first-order valence-corrected chi connectivity index (χ1v) is 5.98. The van der Waals surface area contributed by atoms with Crippen molar-refractivity contribution < 1.29 is 0 Å². The van der Waals surface area contributed by atoms with E-state index in [4.69, 9.17) is 0 Å². The average Bonchev–Trinajstić information content (AvgIpc) is 2.72. The highest BCUT2D eigenvalue weighted by Gasteiger charge is 2.00. The van der Waals surface area contributed by atoms with Gasteiger partial charge in [0.1, 0.15) is 11.4 Å². The number of nitrogens with zero attached hydrogens (tertiary/aromatic N) is 3. The van der Waals surface area contributed by atoms with E-state index in [-0.39, 0.29) is 0 Å². The molecule has 3 heteroatoms. The van der Waals surface area contributed by atoms with E-state index in [1.54, 1.807) is 17.9 Å². The molecule has 16 heavy (non-hydrogen) atoms. The van der Waals surface area contributed by atoms with Crippen LogP contribution in [0.15, 0.2) is 12.7 Å². The van der Waals surface area contributed by atoms with Crippen LogP contribution in [0, 0.1) is 0 Å². The van der Waals surface area contributed by atoms with Gasteiger partial charge in [-0.05, 0) is 18.6 Å². The maximum absolute atomic E-state index is 4.17. The molecule has 0 N–H and O–H groups in total. The predicted octanol–water partition coefficient (Wildman–Crippen LogP) is 3.93. The second kappa shape index (κ2) is 11.7. The maximum atomic E-state index is 4.17. The number of aryl methyl sites for hydroxylation is 1. The van der Waals surface area contributed by atoms with Gasteiger partial charge in [-0.2, -0.15) is 15.0 Å². The summed E-state index contributed by atoms with van der Waals surface area (Å²) in [6.07, 6.45) is 6.73. The first kappa shape index (κ1) is 17.0. The smallest absolute Gasteiger partial charge is 0.112 e. The van der Waals surface area contributed by atoms with Crippen LogP contribution in [0.1, 0.15) is 52.4 Å². The quantitative estimate of drug-likeness (QED) is 0.777. The fraction of sp³-hybridized carbons (Fsp3) is 0.538. The second-order valence-electron chi connectivity index (χ2n) is 2.47.